The Balaban J connectivity index is 1.99. The Bertz CT molecular complexity index is 540. The van der Waals surface area contributed by atoms with E-state index >= 15 is 0 Å². The van der Waals surface area contributed by atoms with Crippen LogP contribution in [0.15, 0.2) is 6.07 Å². The molecule has 0 spiro atoms. The van der Waals surface area contributed by atoms with Gasteiger partial charge in [-0.15, -0.1) is 0 Å². The number of halogens is 3. The molecule has 0 unspecified atom stereocenters. The Labute approximate surface area is 131 Å². The largest absolute Gasteiger partial charge is 0.435 e. The summed E-state index contributed by atoms with van der Waals surface area (Å²) < 4.78 is 45.9. The molecule has 2 rings (SSSR count). The number of nitrogens with zero attached hydrogens (tertiary/aromatic N) is 2. The van der Waals surface area contributed by atoms with Crippen LogP contribution in [0.25, 0.3) is 0 Å². The van der Waals surface area contributed by atoms with Crippen LogP contribution >= 0.6 is 0 Å². The molecule has 1 aliphatic carbocycles. The van der Waals surface area contributed by atoms with Gasteiger partial charge in [-0.05, 0) is 44.0 Å². The van der Waals surface area contributed by atoms with Crippen molar-refractivity contribution in [2.45, 2.75) is 77.0 Å². The maximum Gasteiger partial charge on any atom is 0.435 e. The summed E-state index contributed by atoms with van der Waals surface area (Å²) in [6.45, 7) is 12.6. The van der Waals surface area contributed by atoms with E-state index < -0.39 is 20.2 Å². The number of aromatic nitrogens is 2. The maximum atomic E-state index is 12.7. The standard InChI is InChI=1S/C15H25F3N2OSi/c1-10-7-13(15(16,17)18)19-20(10)11-8-12(9-11)21-22(5,6)14(2,3)4/h7,11-12H,8-9H2,1-6H3. The molecule has 0 radical (unpaired) electrons. The van der Waals surface area contributed by atoms with Gasteiger partial charge >= 0.3 is 6.18 Å². The van der Waals surface area contributed by atoms with Crippen LogP contribution in [0.5, 0.6) is 0 Å². The third-order valence-corrected chi connectivity index (χ3v) is 9.43. The summed E-state index contributed by atoms with van der Waals surface area (Å²) in [6.07, 6.45) is -2.75. The van der Waals surface area contributed by atoms with Gasteiger partial charge in [0.15, 0.2) is 14.0 Å². The first-order valence-electron chi connectivity index (χ1n) is 7.62. The van der Waals surface area contributed by atoms with Crippen LogP contribution in [-0.4, -0.2) is 24.2 Å². The molecular weight excluding hydrogens is 309 g/mol. The predicted octanol–water partition coefficient (Wildman–Crippen LogP) is 4.94. The van der Waals surface area contributed by atoms with Gasteiger partial charge < -0.3 is 4.43 Å². The molecule has 1 aromatic rings. The molecule has 1 aromatic heterocycles. The molecule has 126 valence electrons. The highest BCUT2D eigenvalue weighted by molar-refractivity contribution is 6.74. The van der Waals surface area contributed by atoms with Crippen molar-refractivity contribution in [2.75, 3.05) is 0 Å². The highest BCUT2D eigenvalue weighted by Gasteiger charge is 2.44. The minimum Gasteiger partial charge on any atom is -0.414 e. The molecule has 3 nitrogen and oxygen atoms in total. The van der Waals surface area contributed by atoms with E-state index in [0.29, 0.717) is 5.69 Å². The Morgan fingerprint density at radius 2 is 1.77 bits per heavy atom. The summed E-state index contributed by atoms with van der Waals surface area (Å²) in [5, 5.41) is 3.87. The zero-order chi connectivity index (χ0) is 16.9. The topological polar surface area (TPSA) is 27.1 Å². The molecule has 0 N–H and O–H groups in total. The van der Waals surface area contributed by atoms with Crippen molar-refractivity contribution in [3.63, 3.8) is 0 Å². The first-order valence-corrected chi connectivity index (χ1v) is 10.5. The molecule has 0 amide bonds. The fraction of sp³-hybridized carbons (Fsp3) is 0.800. The van der Waals surface area contributed by atoms with Crippen molar-refractivity contribution in [2.24, 2.45) is 0 Å². The zero-order valence-electron chi connectivity index (χ0n) is 14.1. The summed E-state index contributed by atoms with van der Waals surface area (Å²) >= 11 is 0. The van der Waals surface area contributed by atoms with Crippen molar-refractivity contribution < 1.29 is 17.6 Å². The van der Waals surface area contributed by atoms with E-state index in [-0.39, 0.29) is 17.2 Å². The fourth-order valence-corrected chi connectivity index (χ4v) is 3.80. The van der Waals surface area contributed by atoms with Crippen LogP contribution in [0.1, 0.15) is 51.0 Å². The second-order valence-electron chi connectivity index (χ2n) is 7.74. The first-order chi connectivity index (χ1) is 9.81. The molecule has 1 saturated carbocycles. The van der Waals surface area contributed by atoms with Crippen molar-refractivity contribution in [3.8, 4) is 0 Å². The van der Waals surface area contributed by atoms with Gasteiger partial charge in [0.25, 0.3) is 0 Å². The third kappa shape index (κ3) is 3.40. The smallest absolute Gasteiger partial charge is 0.414 e. The monoisotopic (exact) mass is 334 g/mol. The number of hydrogen-bond acceptors (Lipinski definition) is 2. The van der Waals surface area contributed by atoms with E-state index in [1.54, 1.807) is 6.92 Å². The average molecular weight is 334 g/mol. The van der Waals surface area contributed by atoms with Gasteiger partial charge in [-0.3, -0.25) is 4.68 Å². The van der Waals surface area contributed by atoms with E-state index in [4.69, 9.17) is 4.43 Å². The van der Waals surface area contributed by atoms with Gasteiger partial charge in [0.05, 0.1) is 6.04 Å². The Hall–Kier alpha value is -0.823. The maximum absolute atomic E-state index is 12.7. The van der Waals surface area contributed by atoms with Gasteiger partial charge in [-0.2, -0.15) is 18.3 Å². The first kappa shape index (κ1) is 17.5. The third-order valence-electron chi connectivity index (χ3n) is 4.90. The molecule has 0 saturated heterocycles. The van der Waals surface area contributed by atoms with E-state index in [9.17, 15) is 13.2 Å². The van der Waals surface area contributed by atoms with Gasteiger partial charge in [-0.1, -0.05) is 20.8 Å². The van der Waals surface area contributed by atoms with Crippen LogP contribution in [0.4, 0.5) is 13.2 Å². The van der Waals surface area contributed by atoms with Crippen molar-refractivity contribution >= 4 is 8.32 Å². The lowest BCUT2D eigenvalue weighted by Gasteiger charge is -2.45. The van der Waals surface area contributed by atoms with Gasteiger partial charge in [-0.25, -0.2) is 0 Å². The lowest BCUT2D eigenvalue weighted by molar-refractivity contribution is -0.141. The summed E-state index contributed by atoms with van der Waals surface area (Å²) in [7, 11) is -1.82. The lowest BCUT2D eigenvalue weighted by atomic mass is 9.89. The average Bonchev–Trinajstić information content (AvgIpc) is 2.63. The van der Waals surface area contributed by atoms with Gasteiger partial charge in [0, 0.05) is 11.8 Å². The molecule has 0 aromatic carbocycles. The zero-order valence-corrected chi connectivity index (χ0v) is 15.1. The lowest BCUT2D eigenvalue weighted by Crippen LogP contribution is -2.48. The molecule has 0 atom stereocenters. The summed E-state index contributed by atoms with van der Waals surface area (Å²) in [4.78, 5) is 0. The van der Waals surface area contributed by atoms with Crippen LogP contribution < -0.4 is 0 Å². The van der Waals surface area contributed by atoms with E-state index in [0.717, 1.165) is 18.9 Å². The molecule has 1 fully saturated rings. The second kappa shape index (κ2) is 5.37. The highest BCUT2D eigenvalue weighted by Crippen LogP contribution is 2.43. The fourth-order valence-electron chi connectivity index (χ4n) is 2.42. The molecule has 1 heterocycles. The van der Waals surface area contributed by atoms with Crippen molar-refractivity contribution in [3.05, 3.63) is 17.5 Å². The second-order valence-corrected chi connectivity index (χ2v) is 12.5. The molecular formula is C15H25F3N2OSi. The van der Waals surface area contributed by atoms with Crippen molar-refractivity contribution in [1.82, 2.24) is 9.78 Å². The predicted molar refractivity (Wildman–Crippen MR) is 82.3 cm³/mol. The van der Waals surface area contributed by atoms with Crippen LogP contribution in [0.2, 0.25) is 18.1 Å². The van der Waals surface area contributed by atoms with Crippen LogP contribution in [0.3, 0.4) is 0 Å². The SMILES string of the molecule is Cc1cc(C(F)(F)F)nn1C1CC(O[Si](C)(C)C(C)(C)C)C1. The summed E-state index contributed by atoms with van der Waals surface area (Å²) in [6, 6.07) is 1.13. The molecule has 7 heteroatoms. The van der Waals surface area contributed by atoms with E-state index in [1.165, 1.54) is 4.68 Å². The summed E-state index contributed by atoms with van der Waals surface area (Å²) in [5.74, 6) is 0. The Morgan fingerprint density at radius 1 is 1.23 bits per heavy atom. The normalized spacial score (nSPS) is 23.5. The molecule has 22 heavy (non-hydrogen) atoms. The van der Waals surface area contributed by atoms with E-state index in [2.05, 4.69) is 39.0 Å². The van der Waals surface area contributed by atoms with Crippen LogP contribution in [-0.2, 0) is 10.6 Å². The van der Waals surface area contributed by atoms with Gasteiger partial charge in [0.2, 0.25) is 0 Å². The van der Waals surface area contributed by atoms with Crippen molar-refractivity contribution in [1.29, 1.82) is 0 Å². The molecule has 0 aliphatic heterocycles. The number of hydrogen-bond donors (Lipinski definition) is 0. The van der Waals surface area contributed by atoms with Gasteiger partial charge in [0.1, 0.15) is 0 Å². The Morgan fingerprint density at radius 3 is 2.18 bits per heavy atom. The summed E-state index contributed by atoms with van der Waals surface area (Å²) in [5.41, 5.74) is -0.248. The molecule has 1 aliphatic rings. The van der Waals surface area contributed by atoms with Crippen LogP contribution in [0, 0.1) is 6.92 Å². The molecule has 0 bridgehead atoms. The Kier molecular flexibility index (Phi) is 4.28. The van der Waals surface area contributed by atoms with E-state index in [1.807, 2.05) is 0 Å². The minimum atomic E-state index is -4.38. The number of alkyl halides is 3. The number of aryl methyl sites for hydroxylation is 1. The minimum absolute atomic E-state index is 0.0193. The number of rotatable bonds is 3. The quantitative estimate of drug-likeness (QED) is 0.732. The highest BCUT2D eigenvalue weighted by atomic mass is 28.4.